The largest absolute Gasteiger partial charge is 0.456 e. The van der Waals surface area contributed by atoms with E-state index in [4.69, 9.17) is 21.6 Å². The van der Waals surface area contributed by atoms with Gasteiger partial charge in [0.05, 0.1) is 10.4 Å². The highest BCUT2D eigenvalue weighted by atomic mass is 35.5. The highest BCUT2D eigenvalue weighted by molar-refractivity contribution is 6.32. The molecule has 102 valence electrons. The van der Waals surface area contributed by atoms with E-state index in [-0.39, 0.29) is 11.0 Å². The van der Waals surface area contributed by atoms with E-state index in [9.17, 15) is 4.79 Å². The molecule has 4 nitrogen and oxygen atoms in total. The molecule has 3 aromatic rings. The number of rotatable bonds is 2. The smallest absolute Gasteiger partial charge is 0.207 e. The molecule has 0 amide bonds. The SMILES string of the molecule is N#Cc1c[nH]c2ccc(Oc3ccccc3Cl)cc2c1=O. The van der Waals surface area contributed by atoms with Crippen molar-refractivity contribution in [3.8, 4) is 17.6 Å². The summed E-state index contributed by atoms with van der Waals surface area (Å²) in [5.74, 6) is 0.988. The second-order valence-corrected chi connectivity index (χ2v) is 4.79. The van der Waals surface area contributed by atoms with Crippen LogP contribution in [0.2, 0.25) is 5.02 Å². The third kappa shape index (κ3) is 2.47. The molecule has 0 saturated heterocycles. The van der Waals surface area contributed by atoms with Crippen molar-refractivity contribution in [3.05, 3.63) is 69.5 Å². The number of fused-ring (bicyclic) bond motifs is 1. The van der Waals surface area contributed by atoms with Gasteiger partial charge in [0.1, 0.15) is 23.1 Å². The summed E-state index contributed by atoms with van der Waals surface area (Å²) in [6.45, 7) is 0. The summed E-state index contributed by atoms with van der Waals surface area (Å²) in [5.41, 5.74) is 0.388. The van der Waals surface area contributed by atoms with Gasteiger partial charge in [-0.1, -0.05) is 23.7 Å². The zero-order chi connectivity index (χ0) is 14.8. The van der Waals surface area contributed by atoms with E-state index < -0.39 is 0 Å². The first-order chi connectivity index (χ1) is 10.2. The highest BCUT2D eigenvalue weighted by Crippen LogP contribution is 2.29. The Morgan fingerprint density at radius 2 is 2.00 bits per heavy atom. The van der Waals surface area contributed by atoms with Gasteiger partial charge in [-0.2, -0.15) is 5.26 Å². The lowest BCUT2D eigenvalue weighted by atomic mass is 10.1. The Hall–Kier alpha value is -2.77. The maximum absolute atomic E-state index is 12.1. The molecule has 0 bridgehead atoms. The van der Waals surface area contributed by atoms with Crippen LogP contribution < -0.4 is 10.2 Å². The number of nitriles is 1. The van der Waals surface area contributed by atoms with E-state index in [1.165, 1.54) is 6.20 Å². The predicted octanol–water partition coefficient (Wildman–Crippen LogP) is 3.85. The van der Waals surface area contributed by atoms with Crippen molar-refractivity contribution < 1.29 is 4.74 Å². The minimum Gasteiger partial charge on any atom is -0.456 e. The van der Waals surface area contributed by atoms with Gasteiger partial charge >= 0.3 is 0 Å². The molecular formula is C16H9ClN2O2. The lowest BCUT2D eigenvalue weighted by molar-refractivity contribution is 0.483. The second-order valence-electron chi connectivity index (χ2n) is 4.38. The molecule has 3 rings (SSSR count). The van der Waals surface area contributed by atoms with Crippen LogP contribution in [0, 0.1) is 11.3 Å². The van der Waals surface area contributed by atoms with E-state index in [0.29, 0.717) is 27.4 Å². The number of hydrogen-bond donors (Lipinski definition) is 1. The van der Waals surface area contributed by atoms with Crippen LogP contribution in [0.15, 0.2) is 53.5 Å². The monoisotopic (exact) mass is 296 g/mol. The number of ether oxygens (including phenoxy) is 1. The Bertz CT molecular complexity index is 925. The Kier molecular flexibility index (Phi) is 3.35. The van der Waals surface area contributed by atoms with Gasteiger partial charge in [-0.05, 0) is 30.3 Å². The van der Waals surface area contributed by atoms with Crippen LogP contribution in [0.5, 0.6) is 11.5 Å². The Labute approximate surface area is 125 Å². The molecular weight excluding hydrogens is 288 g/mol. The first-order valence-corrected chi connectivity index (χ1v) is 6.55. The van der Waals surface area contributed by atoms with Gasteiger partial charge < -0.3 is 9.72 Å². The second kappa shape index (κ2) is 5.31. The fourth-order valence-electron chi connectivity index (χ4n) is 2.00. The standard InChI is InChI=1S/C16H9ClN2O2/c17-13-3-1-2-4-15(13)21-11-5-6-14-12(7-11)16(20)10(8-18)9-19-14/h1-7,9H,(H,19,20). The molecule has 0 aliphatic rings. The Morgan fingerprint density at radius 3 is 2.76 bits per heavy atom. The minimum absolute atomic E-state index is 0.0670. The minimum atomic E-state index is -0.323. The number of benzene rings is 2. The number of aromatic amines is 1. The molecule has 21 heavy (non-hydrogen) atoms. The van der Waals surface area contributed by atoms with Crippen molar-refractivity contribution in [3.63, 3.8) is 0 Å². The van der Waals surface area contributed by atoms with Crippen molar-refractivity contribution in [1.29, 1.82) is 5.26 Å². The quantitative estimate of drug-likeness (QED) is 0.781. The first kappa shape index (κ1) is 13.2. The van der Waals surface area contributed by atoms with Gasteiger partial charge in [-0.15, -0.1) is 0 Å². The number of para-hydroxylation sites is 1. The fourth-order valence-corrected chi connectivity index (χ4v) is 2.17. The van der Waals surface area contributed by atoms with Crippen LogP contribution >= 0.6 is 11.6 Å². The zero-order valence-electron chi connectivity index (χ0n) is 10.8. The molecule has 0 unspecified atom stereocenters. The number of hydrogen-bond acceptors (Lipinski definition) is 3. The fraction of sp³-hybridized carbons (Fsp3) is 0. The molecule has 1 aromatic heterocycles. The average molecular weight is 297 g/mol. The van der Waals surface area contributed by atoms with Crippen molar-refractivity contribution in [1.82, 2.24) is 4.98 Å². The van der Waals surface area contributed by atoms with Crippen LogP contribution in [0.4, 0.5) is 0 Å². The number of H-pyrrole nitrogens is 1. The number of nitrogens with zero attached hydrogens (tertiary/aromatic N) is 1. The Balaban J connectivity index is 2.09. The molecule has 1 N–H and O–H groups in total. The number of nitrogens with one attached hydrogen (secondary N) is 1. The van der Waals surface area contributed by atoms with E-state index in [1.54, 1.807) is 36.4 Å². The topological polar surface area (TPSA) is 65.9 Å². The van der Waals surface area contributed by atoms with Crippen LogP contribution in [0.25, 0.3) is 10.9 Å². The normalized spacial score (nSPS) is 10.3. The number of halogens is 1. The molecule has 0 aliphatic carbocycles. The molecule has 0 aliphatic heterocycles. The summed E-state index contributed by atoms with van der Waals surface area (Å²) in [6.07, 6.45) is 1.40. The van der Waals surface area contributed by atoms with Crippen molar-refractivity contribution in [2.24, 2.45) is 0 Å². The van der Waals surface area contributed by atoms with Gasteiger partial charge in [-0.25, -0.2) is 0 Å². The summed E-state index contributed by atoms with van der Waals surface area (Å²) in [7, 11) is 0. The van der Waals surface area contributed by atoms with Crippen LogP contribution in [-0.2, 0) is 0 Å². The van der Waals surface area contributed by atoms with Crippen molar-refractivity contribution in [2.45, 2.75) is 0 Å². The first-order valence-electron chi connectivity index (χ1n) is 6.17. The van der Waals surface area contributed by atoms with Gasteiger partial charge in [0, 0.05) is 11.7 Å². The van der Waals surface area contributed by atoms with Crippen molar-refractivity contribution in [2.75, 3.05) is 0 Å². The maximum Gasteiger partial charge on any atom is 0.207 e. The van der Waals surface area contributed by atoms with Gasteiger partial charge in [0.2, 0.25) is 5.43 Å². The summed E-state index contributed by atoms with van der Waals surface area (Å²) < 4.78 is 5.68. The molecule has 1 heterocycles. The summed E-state index contributed by atoms with van der Waals surface area (Å²) >= 11 is 6.04. The third-order valence-electron chi connectivity index (χ3n) is 3.04. The maximum atomic E-state index is 12.1. The molecule has 0 spiro atoms. The molecule has 0 fully saturated rings. The molecule has 5 heteroatoms. The predicted molar refractivity (Wildman–Crippen MR) is 80.8 cm³/mol. The van der Waals surface area contributed by atoms with Crippen LogP contribution in [0.1, 0.15) is 5.56 Å². The summed E-state index contributed by atoms with van der Waals surface area (Å²) in [6, 6.07) is 14.0. The van der Waals surface area contributed by atoms with Crippen LogP contribution in [0.3, 0.4) is 0 Å². The van der Waals surface area contributed by atoms with E-state index in [1.807, 2.05) is 12.1 Å². The summed E-state index contributed by atoms with van der Waals surface area (Å²) in [5, 5.41) is 9.79. The molecule has 2 aromatic carbocycles. The zero-order valence-corrected chi connectivity index (χ0v) is 11.5. The van der Waals surface area contributed by atoms with E-state index >= 15 is 0 Å². The molecule has 0 radical (unpaired) electrons. The van der Waals surface area contributed by atoms with Gasteiger partial charge in [0.15, 0.2) is 0 Å². The van der Waals surface area contributed by atoms with Gasteiger partial charge in [-0.3, -0.25) is 4.79 Å². The lowest BCUT2D eigenvalue weighted by Crippen LogP contribution is -2.07. The van der Waals surface area contributed by atoms with E-state index in [0.717, 1.165) is 0 Å². The summed E-state index contributed by atoms with van der Waals surface area (Å²) in [4.78, 5) is 15.0. The Morgan fingerprint density at radius 1 is 1.19 bits per heavy atom. The van der Waals surface area contributed by atoms with E-state index in [2.05, 4.69) is 4.98 Å². The number of pyridine rings is 1. The lowest BCUT2D eigenvalue weighted by Gasteiger charge is -2.08. The highest BCUT2D eigenvalue weighted by Gasteiger charge is 2.07. The molecule has 0 atom stereocenters. The third-order valence-corrected chi connectivity index (χ3v) is 3.35. The number of aromatic nitrogens is 1. The van der Waals surface area contributed by atoms with Gasteiger partial charge in [0.25, 0.3) is 0 Å². The average Bonchev–Trinajstić information content (AvgIpc) is 2.50. The molecule has 0 saturated carbocycles. The van der Waals surface area contributed by atoms with Crippen molar-refractivity contribution >= 4 is 22.5 Å². The van der Waals surface area contributed by atoms with Crippen LogP contribution in [-0.4, -0.2) is 4.98 Å².